The molecule has 1 aromatic carbocycles. The van der Waals surface area contributed by atoms with Crippen molar-refractivity contribution < 1.29 is 14.7 Å². The van der Waals surface area contributed by atoms with Gasteiger partial charge in [0.25, 0.3) is 0 Å². The zero-order valence-corrected chi connectivity index (χ0v) is 11.7. The van der Waals surface area contributed by atoms with Gasteiger partial charge in [-0.25, -0.2) is 0 Å². The zero-order chi connectivity index (χ0) is 14.4. The van der Waals surface area contributed by atoms with Gasteiger partial charge in [-0.1, -0.05) is 44.2 Å². The molecule has 1 rings (SSSR count). The molecule has 0 unspecified atom stereocenters. The third kappa shape index (κ3) is 4.73. The Morgan fingerprint density at radius 1 is 1.16 bits per heavy atom. The summed E-state index contributed by atoms with van der Waals surface area (Å²) in [5.41, 5.74) is 0.909. The van der Waals surface area contributed by atoms with E-state index >= 15 is 0 Å². The second-order valence-electron chi connectivity index (χ2n) is 5.14. The predicted molar refractivity (Wildman–Crippen MR) is 73.9 cm³/mol. The normalized spacial score (nSPS) is 12.2. The third-order valence-electron chi connectivity index (χ3n) is 2.89. The van der Waals surface area contributed by atoms with Gasteiger partial charge in [0.05, 0.1) is 5.92 Å². The van der Waals surface area contributed by atoms with Crippen LogP contribution in [-0.2, 0) is 9.59 Å². The monoisotopic (exact) mass is 263 g/mol. The maximum atomic E-state index is 12.4. The van der Waals surface area contributed by atoms with Crippen LogP contribution in [0.1, 0.15) is 32.3 Å². The minimum Gasteiger partial charge on any atom is -0.480 e. The van der Waals surface area contributed by atoms with Crippen molar-refractivity contribution in [1.29, 1.82) is 0 Å². The second kappa shape index (κ2) is 6.92. The molecule has 0 radical (unpaired) electrons. The Morgan fingerprint density at radius 3 is 2.21 bits per heavy atom. The van der Waals surface area contributed by atoms with Crippen molar-refractivity contribution in [1.82, 2.24) is 4.90 Å². The first kappa shape index (κ1) is 15.2. The highest BCUT2D eigenvalue weighted by Gasteiger charge is 2.24. The van der Waals surface area contributed by atoms with Gasteiger partial charge < -0.3 is 10.0 Å². The summed E-state index contributed by atoms with van der Waals surface area (Å²) in [7, 11) is 0. The first-order valence-corrected chi connectivity index (χ1v) is 6.47. The summed E-state index contributed by atoms with van der Waals surface area (Å²) in [4.78, 5) is 24.7. The average Bonchev–Trinajstić information content (AvgIpc) is 2.36. The molecular weight excluding hydrogens is 242 g/mol. The molecule has 0 aliphatic carbocycles. The summed E-state index contributed by atoms with van der Waals surface area (Å²) in [5.74, 6) is -1.19. The van der Waals surface area contributed by atoms with Crippen LogP contribution in [0.3, 0.4) is 0 Å². The molecule has 1 amide bonds. The molecule has 104 valence electrons. The number of aliphatic carboxylic acids is 1. The fourth-order valence-electron chi connectivity index (χ4n) is 1.99. The number of hydrogen-bond donors (Lipinski definition) is 1. The molecule has 0 aliphatic heterocycles. The smallest absolute Gasteiger partial charge is 0.323 e. The van der Waals surface area contributed by atoms with E-state index in [0.29, 0.717) is 6.54 Å². The van der Waals surface area contributed by atoms with Crippen molar-refractivity contribution in [3.8, 4) is 0 Å². The van der Waals surface area contributed by atoms with Crippen LogP contribution in [0.4, 0.5) is 0 Å². The lowest BCUT2D eigenvalue weighted by atomic mass is 9.99. The van der Waals surface area contributed by atoms with Crippen LogP contribution < -0.4 is 0 Å². The van der Waals surface area contributed by atoms with Crippen LogP contribution in [0.5, 0.6) is 0 Å². The molecule has 1 atom stereocenters. The molecule has 4 nitrogen and oxygen atoms in total. The first-order valence-electron chi connectivity index (χ1n) is 6.47. The first-order chi connectivity index (χ1) is 8.91. The van der Waals surface area contributed by atoms with Crippen molar-refractivity contribution in [3.05, 3.63) is 35.9 Å². The van der Waals surface area contributed by atoms with E-state index in [9.17, 15) is 9.59 Å². The van der Waals surface area contributed by atoms with Gasteiger partial charge in [0, 0.05) is 6.54 Å². The van der Waals surface area contributed by atoms with E-state index in [2.05, 4.69) is 0 Å². The van der Waals surface area contributed by atoms with Crippen LogP contribution in [0.25, 0.3) is 0 Å². The summed E-state index contributed by atoms with van der Waals surface area (Å²) in [5, 5.41) is 8.90. The van der Waals surface area contributed by atoms with Gasteiger partial charge in [-0.2, -0.15) is 0 Å². The summed E-state index contributed by atoms with van der Waals surface area (Å²) in [6, 6.07) is 9.42. The van der Waals surface area contributed by atoms with E-state index in [1.165, 1.54) is 4.90 Å². The maximum Gasteiger partial charge on any atom is 0.323 e. The number of carbonyl (C=O) groups excluding carboxylic acids is 1. The van der Waals surface area contributed by atoms with Crippen molar-refractivity contribution in [2.24, 2.45) is 5.92 Å². The quantitative estimate of drug-likeness (QED) is 0.857. The molecule has 0 saturated carbocycles. The number of rotatable bonds is 6. The van der Waals surface area contributed by atoms with E-state index in [1.54, 1.807) is 0 Å². The minimum absolute atomic E-state index is 0.137. The van der Waals surface area contributed by atoms with E-state index in [0.717, 1.165) is 5.56 Å². The fraction of sp³-hybridized carbons (Fsp3) is 0.467. The Balaban J connectivity index is 2.83. The van der Waals surface area contributed by atoms with Crippen LogP contribution >= 0.6 is 0 Å². The number of carboxylic acids is 1. The minimum atomic E-state index is -0.978. The van der Waals surface area contributed by atoms with Crippen molar-refractivity contribution in [2.75, 3.05) is 13.1 Å². The molecule has 0 aromatic heterocycles. The Kier molecular flexibility index (Phi) is 5.55. The Hall–Kier alpha value is -1.84. The number of carbonyl (C=O) groups is 2. The van der Waals surface area contributed by atoms with E-state index in [1.807, 2.05) is 51.1 Å². The zero-order valence-electron chi connectivity index (χ0n) is 11.7. The molecule has 0 spiro atoms. The number of benzene rings is 1. The number of amides is 1. The average molecular weight is 263 g/mol. The van der Waals surface area contributed by atoms with E-state index in [-0.39, 0.29) is 24.3 Å². The molecule has 19 heavy (non-hydrogen) atoms. The Bertz CT molecular complexity index is 428. The lowest BCUT2D eigenvalue weighted by Gasteiger charge is -2.26. The summed E-state index contributed by atoms with van der Waals surface area (Å²) in [6.45, 7) is 5.97. The van der Waals surface area contributed by atoms with Gasteiger partial charge in [-0.3, -0.25) is 9.59 Å². The van der Waals surface area contributed by atoms with Gasteiger partial charge >= 0.3 is 5.97 Å². The number of hydrogen-bond acceptors (Lipinski definition) is 2. The van der Waals surface area contributed by atoms with Gasteiger partial charge in [-0.15, -0.1) is 0 Å². The van der Waals surface area contributed by atoms with Crippen LogP contribution in [-0.4, -0.2) is 35.0 Å². The van der Waals surface area contributed by atoms with Gasteiger partial charge in [0.15, 0.2) is 0 Å². The predicted octanol–water partition coefficient (Wildman–Crippen LogP) is 2.36. The topological polar surface area (TPSA) is 57.6 Å². The highest BCUT2D eigenvalue weighted by atomic mass is 16.4. The molecular formula is C15H21NO3. The van der Waals surface area contributed by atoms with Gasteiger partial charge in [0.1, 0.15) is 6.54 Å². The molecule has 0 saturated heterocycles. The van der Waals surface area contributed by atoms with Crippen molar-refractivity contribution >= 4 is 11.9 Å². The number of carboxylic acid groups (broad SMARTS) is 1. The summed E-state index contributed by atoms with van der Waals surface area (Å²) < 4.78 is 0. The summed E-state index contributed by atoms with van der Waals surface area (Å²) in [6.07, 6.45) is 0. The van der Waals surface area contributed by atoms with Crippen LogP contribution in [0.2, 0.25) is 0 Å². The molecule has 0 bridgehead atoms. The van der Waals surface area contributed by atoms with Gasteiger partial charge in [-0.05, 0) is 18.4 Å². The molecule has 1 aromatic rings. The SMILES string of the molecule is CC(C)CN(CC(=O)O)C(=O)[C@H](C)c1ccccc1. The lowest BCUT2D eigenvalue weighted by molar-refractivity contribution is -0.145. The molecule has 0 fully saturated rings. The van der Waals surface area contributed by atoms with E-state index in [4.69, 9.17) is 5.11 Å². The van der Waals surface area contributed by atoms with Crippen molar-refractivity contribution in [3.63, 3.8) is 0 Å². The molecule has 1 N–H and O–H groups in total. The largest absolute Gasteiger partial charge is 0.480 e. The highest BCUT2D eigenvalue weighted by Crippen LogP contribution is 2.18. The number of nitrogens with zero attached hydrogens (tertiary/aromatic N) is 1. The Morgan fingerprint density at radius 2 is 1.74 bits per heavy atom. The molecule has 4 heteroatoms. The standard InChI is InChI=1S/C15H21NO3/c1-11(2)9-16(10-14(17)18)15(19)12(3)13-7-5-4-6-8-13/h4-8,11-12H,9-10H2,1-3H3,(H,17,18)/t12-/m1/s1. The fourth-order valence-corrected chi connectivity index (χ4v) is 1.99. The lowest BCUT2D eigenvalue weighted by Crippen LogP contribution is -2.40. The Labute approximate surface area is 114 Å². The van der Waals surface area contributed by atoms with E-state index < -0.39 is 5.97 Å². The van der Waals surface area contributed by atoms with Crippen LogP contribution in [0, 0.1) is 5.92 Å². The molecule has 0 heterocycles. The van der Waals surface area contributed by atoms with Crippen molar-refractivity contribution in [2.45, 2.75) is 26.7 Å². The maximum absolute atomic E-state index is 12.4. The van der Waals surface area contributed by atoms with Gasteiger partial charge in [0.2, 0.25) is 5.91 Å². The third-order valence-corrected chi connectivity index (χ3v) is 2.89. The summed E-state index contributed by atoms with van der Waals surface area (Å²) >= 11 is 0. The second-order valence-corrected chi connectivity index (χ2v) is 5.14. The van der Waals surface area contributed by atoms with Crippen LogP contribution in [0.15, 0.2) is 30.3 Å². The molecule has 0 aliphatic rings. The highest BCUT2D eigenvalue weighted by molar-refractivity contribution is 5.86.